The summed E-state index contributed by atoms with van der Waals surface area (Å²) in [7, 11) is 0. The average molecular weight is 409 g/mol. The van der Waals surface area contributed by atoms with E-state index in [9.17, 15) is 5.11 Å². The first-order valence-corrected chi connectivity index (χ1v) is 13.4. The minimum atomic E-state index is 0.275. The molecule has 166 valence electrons. The molecular weight excluding hydrogens is 364 g/mol. The number of hydrogen-bond acceptors (Lipinski definition) is 1. The molecule has 4 aliphatic rings. The number of aromatic hydroxyl groups is 1. The SMILES string of the molecule is CCCCC1CC2CCC1(c1cc(C)c(O)c(C34CCC(CC3CCCC)C4)c1)C2. The molecule has 1 N–H and O–H groups in total. The summed E-state index contributed by atoms with van der Waals surface area (Å²) in [6, 6.07) is 4.98. The van der Waals surface area contributed by atoms with Crippen molar-refractivity contribution in [3.8, 4) is 5.75 Å². The smallest absolute Gasteiger partial charge is 0.122 e. The van der Waals surface area contributed by atoms with E-state index in [0.29, 0.717) is 11.2 Å². The molecule has 1 nitrogen and oxygen atoms in total. The van der Waals surface area contributed by atoms with Gasteiger partial charge in [-0.2, -0.15) is 0 Å². The third-order valence-corrected chi connectivity index (χ3v) is 10.3. The van der Waals surface area contributed by atoms with Gasteiger partial charge in [-0.3, -0.25) is 0 Å². The first kappa shape index (κ1) is 20.9. The van der Waals surface area contributed by atoms with Crippen LogP contribution in [0.4, 0.5) is 0 Å². The summed E-state index contributed by atoms with van der Waals surface area (Å²) in [6.07, 6.45) is 19.3. The molecule has 0 spiro atoms. The van der Waals surface area contributed by atoms with Crippen molar-refractivity contribution in [1.82, 2.24) is 0 Å². The van der Waals surface area contributed by atoms with Crippen molar-refractivity contribution in [2.75, 3.05) is 0 Å². The Balaban J connectivity index is 1.55. The molecule has 5 rings (SSSR count). The Kier molecular flexibility index (Phi) is 5.47. The zero-order valence-electron chi connectivity index (χ0n) is 19.8. The van der Waals surface area contributed by atoms with Gasteiger partial charge < -0.3 is 5.11 Å². The highest BCUT2D eigenvalue weighted by Crippen LogP contribution is 2.64. The molecule has 1 aromatic carbocycles. The number of phenols is 1. The lowest BCUT2D eigenvalue weighted by molar-refractivity contribution is 0.246. The summed E-state index contributed by atoms with van der Waals surface area (Å²) in [5.74, 6) is 4.19. The Morgan fingerprint density at radius 3 is 2.00 bits per heavy atom. The van der Waals surface area contributed by atoms with Crippen molar-refractivity contribution in [2.45, 2.75) is 121 Å². The monoisotopic (exact) mass is 408 g/mol. The van der Waals surface area contributed by atoms with Gasteiger partial charge in [-0.15, -0.1) is 0 Å². The van der Waals surface area contributed by atoms with Crippen LogP contribution in [0.5, 0.6) is 5.75 Å². The highest BCUT2D eigenvalue weighted by Gasteiger charge is 2.55. The minimum absolute atomic E-state index is 0.275. The first-order chi connectivity index (χ1) is 14.5. The molecule has 0 aliphatic heterocycles. The van der Waals surface area contributed by atoms with Crippen molar-refractivity contribution in [1.29, 1.82) is 0 Å². The van der Waals surface area contributed by atoms with Gasteiger partial charge in [0.25, 0.3) is 0 Å². The summed E-state index contributed by atoms with van der Waals surface area (Å²) in [4.78, 5) is 0. The van der Waals surface area contributed by atoms with Crippen molar-refractivity contribution >= 4 is 0 Å². The predicted octanol–water partition coefficient (Wildman–Crippen LogP) is 8.20. The molecule has 1 aromatic rings. The van der Waals surface area contributed by atoms with Crippen LogP contribution in [0.25, 0.3) is 0 Å². The maximum atomic E-state index is 11.4. The number of unbranched alkanes of at least 4 members (excludes halogenated alkanes) is 2. The average Bonchev–Trinajstić information content (AvgIpc) is 3.51. The van der Waals surface area contributed by atoms with Crippen LogP contribution in [0.15, 0.2) is 12.1 Å². The van der Waals surface area contributed by atoms with Crippen LogP contribution < -0.4 is 0 Å². The summed E-state index contributed by atoms with van der Waals surface area (Å²) in [5.41, 5.74) is 4.83. The number of benzene rings is 1. The molecule has 0 aromatic heterocycles. The van der Waals surface area contributed by atoms with E-state index in [2.05, 4.69) is 32.9 Å². The van der Waals surface area contributed by atoms with Gasteiger partial charge in [0.05, 0.1) is 0 Å². The number of fused-ring (bicyclic) bond motifs is 4. The fourth-order valence-corrected chi connectivity index (χ4v) is 8.86. The van der Waals surface area contributed by atoms with Crippen molar-refractivity contribution in [3.05, 3.63) is 28.8 Å². The molecule has 4 aliphatic carbocycles. The van der Waals surface area contributed by atoms with Crippen molar-refractivity contribution in [3.63, 3.8) is 0 Å². The summed E-state index contributed by atoms with van der Waals surface area (Å²) in [6.45, 7) is 6.85. The van der Waals surface area contributed by atoms with E-state index in [1.165, 1.54) is 95.5 Å². The molecule has 6 unspecified atom stereocenters. The van der Waals surface area contributed by atoms with E-state index in [-0.39, 0.29) is 5.41 Å². The first-order valence-electron chi connectivity index (χ1n) is 13.4. The molecule has 4 bridgehead atoms. The second-order valence-corrected chi connectivity index (χ2v) is 11.9. The summed E-state index contributed by atoms with van der Waals surface area (Å²) < 4.78 is 0. The van der Waals surface area contributed by atoms with E-state index < -0.39 is 0 Å². The number of phenolic OH excluding ortho intramolecular Hbond substituents is 1. The topological polar surface area (TPSA) is 20.2 Å². The predicted molar refractivity (Wildman–Crippen MR) is 126 cm³/mol. The van der Waals surface area contributed by atoms with Gasteiger partial charge in [0.2, 0.25) is 0 Å². The van der Waals surface area contributed by atoms with Crippen LogP contribution in [0.3, 0.4) is 0 Å². The second kappa shape index (κ2) is 7.86. The van der Waals surface area contributed by atoms with Gasteiger partial charge in [0.15, 0.2) is 0 Å². The highest BCUT2D eigenvalue weighted by atomic mass is 16.3. The Labute approximate surface area is 185 Å². The van der Waals surface area contributed by atoms with E-state index in [1.807, 2.05) is 0 Å². The molecule has 4 saturated carbocycles. The van der Waals surface area contributed by atoms with Crippen LogP contribution in [0.1, 0.15) is 120 Å². The van der Waals surface area contributed by atoms with E-state index in [4.69, 9.17) is 0 Å². The zero-order chi connectivity index (χ0) is 20.9. The van der Waals surface area contributed by atoms with E-state index in [0.717, 1.165) is 29.2 Å². The van der Waals surface area contributed by atoms with Crippen LogP contribution in [-0.4, -0.2) is 5.11 Å². The number of aryl methyl sites for hydroxylation is 1. The lowest BCUT2D eigenvalue weighted by Gasteiger charge is -2.40. The highest BCUT2D eigenvalue weighted by molar-refractivity contribution is 5.51. The fourth-order valence-electron chi connectivity index (χ4n) is 8.86. The standard InChI is InChI=1S/C29H44O/c1-4-6-8-23-15-21-10-12-28(23,18-21)25-14-20(3)27(30)26(17-25)29-13-11-22(19-29)16-24(29)9-7-5-2/h14,17,21-24,30H,4-13,15-16,18-19H2,1-3H3. The van der Waals surface area contributed by atoms with Crippen LogP contribution in [0, 0.1) is 30.6 Å². The van der Waals surface area contributed by atoms with Crippen molar-refractivity contribution in [2.24, 2.45) is 23.7 Å². The molecule has 6 atom stereocenters. The van der Waals surface area contributed by atoms with Gasteiger partial charge in [-0.05, 0) is 111 Å². The Morgan fingerprint density at radius 2 is 1.43 bits per heavy atom. The van der Waals surface area contributed by atoms with Gasteiger partial charge in [0.1, 0.15) is 5.75 Å². The van der Waals surface area contributed by atoms with Gasteiger partial charge in [0, 0.05) is 11.0 Å². The molecule has 0 saturated heterocycles. The summed E-state index contributed by atoms with van der Waals surface area (Å²) in [5, 5.41) is 11.4. The molecule has 30 heavy (non-hydrogen) atoms. The molecule has 0 radical (unpaired) electrons. The maximum Gasteiger partial charge on any atom is 0.122 e. The van der Waals surface area contributed by atoms with Gasteiger partial charge >= 0.3 is 0 Å². The van der Waals surface area contributed by atoms with E-state index >= 15 is 0 Å². The molecule has 0 heterocycles. The zero-order valence-corrected chi connectivity index (χ0v) is 19.8. The minimum Gasteiger partial charge on any atom is -0.507 e. The Bertz CT molecular complexity index is 781. The van der Waals surface area contributed by atoms with Gasteiger partial charge in [-0.1, -0.05) is 51.7 Å². The largest absolute Gasteiger partial charge is 0.507 e. The molecular formula is C29H44O. The van der Waals surface area contributed by atoms with Crippen LogP contribution in [0.2, 0.25) is 0 Å². The van der Waals surface area contributed by atoms with Gasteiger partial charge in [-0.25, -0.2) is 0 Å². The molecule has 0 amide bonds. The second-order valence-electron chi connectivity index (χ2n) is 11.9. The Morgan fingerprint density at radius 1 is 0.867 bits per heavy atom. The quantitative estimate of drug-likeness (QED) is 0.459. The van der Waals surface area contributed by atoms with E-state index in [1.54, 1.807) is 5.56 Å². The molecule has 4 fully saturated rings. The lowest BCUT2D eigenvalue weighted by Crippen LogP contribution is -2.33. The number of hydrogen-bond donors (Lipinski definition) is 1. The Hall–Kier alpha value is -0.980. The normalized spacial score (nSPS) is 39.3. The fraction of sp³-hybridized carbons (Fsp3) is 0.793. The van der Waals surface area contributed by atoms with Crippen LogP contribution >= 0.6 is 0 Å². The number of rotatable bonds is 8. The summed E-state index contributed by atoms with van der Waals surface area (Å²) >= 11 is 0. The lowest BCUT2D eigenvalue weighted by atomic mass is 9.64. The maximum absolute atomic E-state index is 11.4. The third-order valence-electron chi connectivity index (χ3n) is 10.3. The van der Waals surface area contributed by atoms with Crippen molar-refractivity contribution < 1.29 is 5.11 Å². The third kappa shape index (κ3) is 3.08. The van der Waals surface area contributed by atoms with Crippen LogP contribution in [-0.2, 0) is 10.8 Å². The molecule has 1 heteroatoms.